The molecule has 1 aliphatic heterocycles. The van der Waals surface area contributed by atoms with Crippen molar-refractivity contribution in [2.45, 2.75) is 25.4 Å². The predicted molar refractivity (Wildman–Crippen MR) is 105 cm³/mol. The van der Waals surface area contributed by atoms with Crippen molar-refractivity contribution in [3.8, 4) is 22.6 Å². The summed E-state index contributed by atoms with van der Waals surface area (Å²) < 4.78 is 5.61. The summed E-state index contributed by atoms with van der Waals surface area (Å²) in [4.78, 5) is 24.0. The summed E-state index contributed by atoms with van der Waals surface area (Å²) in [7, 11) is 0. The SMILES string of the molecule is c1ccc(CN2CCCC2c2nc(-c3ccc(-c4cncnc4)nc3)no2)nc1. The third kappa shape index (κ3) is 3.74. The Hall–Kier alpha value is -3.52. The third-order valence-electron chi connectivity index (χ3n) is 5.06. The average molecular weight is 385 g/mol. The van der Waals surface area contributed by atoms with Gasteiger partial charge in [0.2, 0.25) is 11.7 Å². The van der Waals surface area contributed by atoms with Crippen molar-refractivity contribution in [1.82, 2.24) is 35.0 Å². The summed E-state index contributed by atoms with van der Waals surface area (Å²) in [5.74, 6) is 1.20. The second kappa shape index (κ2) is 7.84. The molecule has 29 heavy (non-hydrogen) atoms. The number of likely N-dealkylation sites (tertiary alicyclic amines) is 1. The highest BCUT2D eigenvalue weighted by Crippen LogP contribution is 2.33. The summed E-state index contributed by atoms with van der Waals surface area (Å²) >= 11 is 0. The van der Waals surface area contributed by atoms with Crippen LogP contribution in [-0.4, -0.2) is 41.5 Å². The van der Waals surface area contributed by atoms with Crippen molar-refractivity contribution < 1.29 is 4.52 Å². The third-order valence-corrected chi connectivity index (χ3v) is 5.06. The minimum absolute atomic E-state index is 0.118. The molecule has 1 atom stereocenters. The Balaban J connectivity index is 1.33. The van der Waals surface area contributed by atoms with Gasteiger partial charge < -0.3 is 4.52 Å². The molecule has 1 unspecified atom stereocenters. The normalized spacial score (nSPS) is 16.9. The van der Waals surface area contributed by atoms with E-state index in [0.717, 1.165) is 48.4 Å². The van der Waals surface area contributed by atoms with Crippen LogP contribution in [-0.2, 0) is 6.54 Å². The molecule has 0 bridgehead atoms. The van der Waals surface area contributed by atoms with E-state index in [-0.39, 0.29) is 6.04 Å². The van der Waals surface area contributed by atoms with Gasteiger partial charge in [0, 0.05) is 42.5 Å². The van der Waals surface area contributed by atoms with Crippen molar-refractivity contribution in [3.05, 3.63) is 73.0 Å². The molecule has 0 saturated carbocycles. The van der Waals surface area contributed by atoms with Gasteiger partial charge in [-0.05, 0) is 43.7 Å². The first-order chi connectivity index (χ1) is 14.4. The van der Waals surface area contributed by atoms with Crippen LogP contribution in [0.4, 0.5) is 0 Å². The van der Waals surface area contributed by atoms with Crippen LogP contribution in [0.2, 0.25) is 0 Å². The van der Waals surface area contributed by atoms with Gasteiger partial charge in [-0.25, -0.2) is 9.97 Å². The fourth-order valence-electron chi connectivity index (χ4n) is 3.61. The van der Waals surface area contributed by atoms with E-state index in [0.29, 0.717) is 11.7 Å². The van der Waals surface area contributed by atoms with E-state index in [4.69, 9.17) is 4.52 Å². The van der Waals surface area contributed by atoms with Crippen LogP contribution in [0.1, 0.15) is 30.5 Å². The Morgan fingerprint density at radius 2 is 1.93 bits per heavy atom. The standard InChI is InChI=1S/C21H19N7O/c1-2-8-24-17(4-1)13-28-9-3-5-19(28)21-26-20(27-29-21)15-6-7-18(25-12-15)16-10-22-14-23-11-16/h1-2,4,6-8,10-12,14,19H,3,5,9,13H2. The van der Waals surface area contributed by atoms with Crippen LogP contribution in [0, 0.1) is 0 Å². The second-order valence-corrected chi connectivity index (χ2v) is 6.97. The van der Waals surface area contributed by atoms with Crippen LogP contribution in [0.5, 0.6) is 0 Å². The quantitative estimate of drug-likeness (QED) is 0.516. The average Bonchev–Trinajstić information content (AvgIpc) is 3.45. The van der Waals surface area contributed by atoms with Gasteiger partial charge in [-0.2, -0.15) is 4.98 Å². The van der Waals surface area contributed by atoms with Gasteiger partial charge in [-0.15, -0.1) is 0 Å². The first-order valence-corrected chi connectivity index (χ1v) is 9.56. The van der Waals surface area contributed by atoms with Gasteiger partial charge >= 0.3 is 0 Å². The summed E-state index contributed by atoms with van der Waals surface area (Å²) in [6.07, 6.45) is 10.6. The molecule has 0 amide bonds. The lowest BCUT2D eigenvalue weighted by Crippen LogP contribution is -2.23. The highest BCUT2D eigenvalue weighted by atomic mass is 16.5. The number of nitrogens with zero attached hydrogens (tertiary/aromatic N) is 7. The van der Waals surface area contributed by atoms with E-state index >= 15 is 0 Å². The van der Waals surface area contributed by atoms with E-state index in [1.807, 2.05) is 36.5 Å². The summed E-state index contributed by atoms with van der Waals surface area (Å²) in [5, 5.41) is 4.18. The molecule has 4 aromatic rings. The number of pyridine rings is 2. The van der Waals surface area contributed by atoms with Crippen LogP contribution in [0.3, 0.4) is 0 Å². The van der Waals surface area contributed by atoms with E-state index in [1.54, 1.807) is 18.6 Å². The van der Waals surface area contributed by atoms with Gasteiger partial charge in [-0.1, -0.05) is 11.2 Å². The minimum atomic E-state index is 0.118. The molecule has 0 aromatic carbocycles. The van der Waals surface area contributed by atoms with Crippen LogP contribution in [0.15, 0.2) is 66.0 Å². The van der Waals surface area contributed by atoms with Crippen molar-refractivity contribution in [2.75, 3.05) is 6.54 Å². The molecule has 144 valence electrons. The molecule has 5 rings (SSSR count). The summed E-state index contributed by atoms with van der Waals surface area (Å²) in [6.45, 7) is 1.77. The number of aromatic nitrogens is 6. The molecule has 1 fully saturated rings. The lowest BCUT2D eigenvalue weighted by molar-refractivity contribution is 0.199. The molecule has 0 radical (unpaired) electrons. The predicted octanol–water partition coefficient (Wildman–Crippen LogP) is 3.32. The Morgan fingerprint density at radius 3 is 2.72 bits per heavy atom. The molecular weight excluding hydrogens is 366 g/mol. The van der Waals surface area contributed by atoms with Crippen LogP contribution < -0.4 is 0 Å². The van der Waals surface area contributed by atoms with E-state index in [9.17, 15) is 0 Å². The maximum atomic E-state index is 5.61. The number of hydrogen-bond donors (Lipinski definition) is 0. The molecule has 5 heterocycles. The molecule has 0 aliphatic carbocycles. The van der Waals surface area contributed by atoms with Crippen molar-refractivity contribution in [2.24, 2.45) is 0 Å². The molecule has 4 aromatic heterocycles. The highest BCUT2D eigenvalue weighted by Gasteiger charge is 2.31. The monoisotopic (exact) mass is 385 g/mol. The Morgan fingerprint density at radius 1 is 1.00 bits per heavy atom. The molecule has 8 nitrogen and oxygen atoms in total. The van der Waals surface area contributed by atoms with Crippen molar-refractivity contribution >= 4 is 0 Å². The van der Waals surface area contributed by atoms with Gasteiger partial charge in [0.25, 0.3) is 0 Å². The van der Waals surface area contributed by atoms with E-state index < -0.39 is 0 Å². The fourth-order valence-corrected chi connectivity index (χ4v) is 3.61. The van der Waals surface area contributed by atoms with Crippen LogP contribution >= 0.6 is 0 Å². The lowest BCUT2D eigenvalue weighted by atomic mass is 10.2. The molecule has 8 heteroatoms. The zero-order valence-electron chi connectivity index (χ0n) is 15.7. The maximum absolute atomic E-state index is 5.61. The highest BCUT2D eigenvalue weighted by molar-refractivity contribution is 5.61. The Bertz CT molecular complexity index is 1070. The smallest absolute Gasteiger partial charge is 0.244 e. The topological polar surface area (TPSA) is 93.7 Å². The zero-order valence-corrected chi connectivity index (χ0v) is 15.7. The summed E-state index contributed by atoms with van der Waals surface area (Å²) in [5.41, 5.74) is 3.53. The first kappa shape index (κ1) is 17.6. The maximum Gasteiger partial charge on any atom is 0.244 e. The molecule has 0 spiro atoms. The second-order valence-electron chi connectivity index (χ2n) is 6.97. The molecule has 0 N–H and O–H groups in total. The zero-order chi connectivity index (χ0) is 19.5. The minimum Gasteiger partial charge on any atom is -0.337 e. The first-order valence-electron chi connectivity index (χ1n) is 9.56. The Labute approximate surface area is 167 Å². The molecule has 1 aliphatic rings. The van der Waals surface area contributed by atoms with Gasteiger partial charge in [0.1, 0.15) is 6.33 Å². The molecular formula is C21H19N7O. The number of hydrogen-bond acceptors (Lipinski definition) is 8. The van der Waals surface area contributed by atoms with Crippen LogP contribution in [0.25, 0.3) is 22.6 Å². The summed E-state index contributed by atoms with van der Waals surface area (Å²) in [6, 6.07) is 9.94. The van der Waals surface area contributed by atoms with Gasteiger partial charge in [0.05, 0.1) is 17.4 Å². The van der Waals surface area contributed by atoms with Gasteiger partial charge in [0.15, 0.2) is 0 Å². The molecule has 1 saturated heterocycles. The van der Waals surface area contributed by atoms with Gasteiger partial charge in [-0.3, -0.25) is 14.9 Å². The largest absolute Gasteiger partial charge is 0.337 e. The lowest BCUT2D eigenvalue weighted by Gasteiger charge is -2.20. The van der Waals surface area contributed by atoms with E-state index in [2.05, 4.69) is 35.0 Å². The van der Waals surface area contributed by atoms with Crippen molar-refractivity contribution in [3.63, 3.8) is 0 Å². The number of rotatable bonds is 5. The van der Waals surface area contributed by atoms with Crippen molar-refractivity contribution in [1.29, 1.82) is 0 Å². The fraction of sp³-hybridized carbons (Fsp3) is 0.238. The Kier molecular flexibility index (Phi) is 4.75. The van der Waals surface area contributed by atoms with E-state index in [1.165, 1.54) is 6.33 Å².